The molecule has 0 radical (unpaired) electrons. The van der Waals surface area contributed by atoms with E-state index in [9.17, 15) is 0 Å². The summed E-state index contributed by atoms with van der Waals surface area (Å²) in [7, 11) is 0. The first-order valence-corrected chi connectivity index (χ1v) is 5.27. The van der Waals surface area contributed by atoms with Gasteiger partial charge in [-0.1, -0.05) is 19.8 Å². The summed E-state index contributed by atoms with van der Waals surface area (Å²) in [6.07, 6.45) is 6.91. The lowest BCUT2D eigenvalue weighted by atomic mass is 10.1. The van der Waals surface area contributed by atoms with Crippen molar-refractivity contribution in [1.82, 2.24) is 0 Å². The summed E-state index contributed by atoms with van der Waals surface area (Å²) in [5, 5.41) is 9.34. The Morgan fingerprint density at radius 3 is 2.50 bits per heavy atom. The molecule has 0 fully saturated rings. The largest absolute Gasteiger partial charge is 0.396 e. The number of rotatable bonds is 6. The first-order chi connectivity index (χ1) is 4.85. The zero-order valence-corrected chi connectivity index (χ0v) is 7.78. The lowest BCUT2D eigenvalue weighted by Gasteiger charge is -2.10. The van der Waals surface area contributed by atoms with E-state index in [1.165, 1.54) is 19.3 Å². The highest BCUT2D eigenvalue weighted by molar-refractivity contribution is 7.99. The molecule has 0 rings (SSSR count). The zero-order valence-electron chi connectivity index (χ0n) is 6.97. The van der Waals surface area contributed by atoms with Crippen LogP contribution in [0.5, 0.6) is 0 Å². The average molecular weight is 162 g/mol. The van der Waals surface area contributed by atoms with Crippen molar-refractivity contribution >= 4 is 11.8 Å². The molecule has 0 bridgehead atoms. The minimum atomic E-state index is 0.342. The van der Waals surface area contributed by atoms with E-state index in [1.807, 2.05) is 11.8 Å². The van der Waals surface area contributed by atoms with Crippen LogP contribution in [0.2, 0.25) is 0 Å². The van der Waals surface area contributed by atoms with Gasteiger partial charge in [-0.2, -0.15) is 11.8 Å². The molecule has 1 nitrogen and oxygen atoms in total. The molecule has 0 heterocycles. The quantitative estimate of drug-likeness (QED) is 0.646. The van der Waals surface area contributed by atoms with Crippen molar-refractivity contribution in [3.63, 3.8) is 0 Å². The van der Waals surface area contributed by atoms with Gasteiger partial charge in [0.25, 0.3) is 0 Å². The van der Waals surface area contributed by atoms with Crippen LogP contribution in [0.4, 0.5) is 0 Å². The van der Waals surface area contributed by atoms with Crippen LogP contribution in [-0.2, 0) is 0 Å². The standard InChI is InChI=1S/C8H18OS/c1-3-4-5-8(10-2)6-7-9/h8-9H,3-7H2,1-2H3. The van der Waals surface area contributed by atoms with Gasteiger partial charge in [0.05, 0.1) is 0 Å². The number of aliphatic hydroxyl groups is 1. The SMILES string of the molecule is CCCCC(CCO)SC. The highest BCUT2D eigenvalue weighted by Crippen LogP contribution is 2.16. The molecule has 1 unspecified atom stereocenters. The Balaban J connectivity index is 3.21. The summed E-state index contributed by atoms with van der Waals surface area (Å²) in [5.74, 6) is 0. The Morgan fingerprint density at radius 1 is 1.40 bits per heavy atom. The van der Waals surface area contributed by atoms with E-state index in [0.717, 1.165) is 6.42 Å². The average Bonchev–Trinajstić information content (AvgIpc) is 1.98. The highest BCUT2D eigenvalue weighted by Gasteiger charge is 2.03. The van der Waals surface area contributed by atoms with E-state index in [-0.39, 0.29) is 0 Å². The smallest absolute Gasteiger partial charge is 0.0441 e. The van der Waals surface area contributed by atoms with E-state index in [2.05, 4.69) is 13.2 Å². The van der Waals surface area contributed by atoms with Crippen LogP contribution in [0.15, 0.2) is 0 Å². The van der Waals surface area contributed by atoms with Crippen LogP contribution in [0.3, 0.4) is 0 Å². The molecule has 0 aromatic rings. The van der Waals surface area contributed by atoms with Gasteiger partial charge in [0.1, 0.15) is 0 Å². The molecule has 62 valence electrons. The fraction of sp³-hybridized carbons (Fsp3) is 1.00. The molecule has 0 aromatic heterocycles. The maximum absolute atomic E-state index is 8.65. The number of hydrogen-bond donors (Lipinski definition) is 1. The zero-order chi connectivity index (χ0) is 7.82. The molecule has 0 aliphatic carbocycles. The summed E-state index contributed by atoms with van der Waals surface area (Å²) in [6.45, 7) is 2.55. The molecule has 10 heavy (non-hydrogen) atoms. The Hall–Kier alpha value is 0.310. The van der Waals surface area contributed by atoms with Gasteiger partial charge in [-0.25, -0.2) is 0 Å². The van der Waals surface area contributed by atoms with Crippen molar-refractivity contribution in [3.05, 3.63) is 0 Å². The van der Waals surface area contributed by atoms with Gasteiger partial charge in [0, 0.05) is 11.9 Å². The van der Waals surface area contributed by atoms with Gasteiger partial charge < -0.3 is 5.11 Å². The highest BCUT2D eigenvalue weighted by atomic mass is 32.2. The molecule has 2 heteroatoms. The Kier molecular flexibility index (Phi) is 7.65. The van der Waals surface area contributed by atoms with Crippen molar-refractivity contribution in [2.45, 2.75) is 37.9 Å². The maximum atomic E-state index is 8.65. The summed E-state index contributed by atoms with van der Waals surface area (Å²) in [6, 6.07) is 0. The Labute approximate surface area is 68.2 Å². The van der Waals surface area contributed by atoms with E-state index in [0.29, 0.717) is 11.9 Å². The Bertz CT molecular complexity index is 66.3. The lowest BCUT2D eigenvalue weighted by Crippen LogP contribution is -2.04. The van der Waals surface area contributed by atoms with Gasteiger partial charge in [-0.05, 0) is 19.1 Å². The molecular weight excluding hydrogens is 144 g/mol. The molecule has 1 atom stereocenters. The first kappa shape index (κ1) is 10.3. The number of aliphatic hydroxyl groups excluding tert-OH is 1. The molecule has 0 aliphatic heterocycles. The van der Waals surface area contributed by atoms with Crippen LogP contribution >= 0.6 is 11.8 Å². The third-order valence-electron chi connectivity index (χ3n) is 1.66. The summed E-state index contributed by atoms with van der Waals surface area (Å²) in [5.41, 5.74) is 0. The summed E-state index contributed by atoms with van der Waals surface area (Å²) < 4.78 is 0. The van der Waals surface area contributed by atoms with Gasteiger partial charge in [-0.3, -0.25) is 0 Å². The van der Waals surface area contributed by atoms with E-state index < -0.39 is 0 Å². The summed E-state index contributed by atoms with van der Waals surface area (Å²) >= 11 is 1.87. The van der Waals surface area contributed by atoms with Gasteiger partial charge in [0.15, 0.2) is 0 Å². The molecule has 0 aromatic carbocycles. The minimum absolute atomic E-state index is 0.342. The molecular formula is C8H18OS. The second-order valence-electron chi connectivity index (χ2n) is 2.51. The van der Waals surface area contributed by atoms with Crippen molar-refractivity contribution in [1.29, 1.82) is 0 Å². The molecule has 0 saturated carbocycles. The van der Waals surface area contributed by atoms with Crippen molar-refractivity contribution in [2.24, 2.45) is 0 Å². The minimum Gasteiger partial charge on any atom is -0.396 e. The summed E-state index contributed by atoms with van der Waals surface area (Å²) in [4.78, 5) is 0. The second kappa shape index (κ2) is 7.42. The van der Waals surface area contributed by atoms with Crippen molar-refractivity contribution in [3.8, 4) is 0 Å². The van der Waals surface area contributed by atoms with Crippen LogP contribution in [0.25, 0.3) is 0 Å². The van der Waals surface area contributed by atoms with E-state index >= 15 is 0 Å². The lowest BCUT2D eigenvalue weighted by molar-refractivity contribution is 0.285. The fourth-order valence-electron chi connectivity index (χ4n) is 0.956. The predicted octanol–water partition coefficient (Wildman–Crippen LogP) is 2.29. The third-order valence-corrected chi connectivity index (χ3v) is 2.80. The number of thioether (sulfide) groups is 1. The Morgan fingerprint density at radius 2 is 2.10 bits per heavy atom. The van der Waals surface area contributed by atoms with E-state index in [1.54, 1.807) is 0 Å². The molecule has 0 saturated heterocycles. The van der Waals surface area contributed by atoms with E-state index in [4.69, 9.17) is 5.11 Å². The van der Waals surface area contributed by atoms with Gasteiger partial charge in [0.2, 0.25) is 0 Å². The first-order valence-electron chi connectivity index (χ1n) is 3.98. The number of hydrogen-bond acceptors (Lipinski definition) is 2. The molecule has 0 spiro atoms. The van der Waals surface area contributed by atoms with Crippen molar-refractivity contribution < 1.29 is 5.11 Å². The fourth-order valence-corrected chi connectivity index (χ4v) is 1.70. The van der Waals surface area contributed by atoms with Crippen molar-refractivity contribution in [2.75, 3.05) is 12.9 Å². The second-order valence-corrected chi connectivity index (χ2v) is 3.65. The monoisotopic (exact) mass is 162 g/mol. The van der Waals surface area contributed by atoms with Gasteiger partial charge >= 0.3 is 0 Å². The molecule has 1 N–H and O–H groups in total. The third kappa shape index (κ3) is 5.12. The predicted molar refractivity (Wildman–Crippen MR) is 48.5 cm³/mol. The molecule has 0 amide bonds. The van der Waals surface area contributed by atoms with Crippen LogP contribution in [0, 0.1) is 0 Å². The normalized spacial score (nSPS) is 13.5. The van der Waals surface area contributed by atoms with Crippen LogP contribution in [-0.4, -0.2) is 23.2 Å². The number of unbranched alkanes of at least 4 members (excludes halogenated alkanes) is 1. The molecule has 0 aliphatic rings. The van der Waals surface area contributed by atoms with Gasteiger partial charge in [-0.15, -0.1) is 0 Å². The maximum Gasteiger partial charge on any atom is 0.0441 e. The van der Waals surface area contributed by atoms with Crippen LogP contribution < -0.4 is 0 Å². The van der Waals surface area contributed by atoms with Crippen LogP contribution in [0.1, 0.15) is 32.6 Å². The topological polar surface area (TPSA) is 20.2 Å².